The van der Waals surface area contributed by atoms with Crippen molar-refractivity contribution >= 4 is 27.3 Å². The standard InChI is InChI=1S/C15H13BrN2OS/c16-15-11(6-7-19-15)12(17)8-14-18-13(9-20-14)10-4-2-1-3-5-10/h1-7,9,12H,8,17H2. The summed E-state index contributed by atoms with van der Waals surface area (Å²) >= 11 is 5.00. The molecule has 2 aromatic heterocycles. The van der Waals surface area contributed by atoms with Gasteiger partial charge in [-0.2, -0.15) is 0 Å². The lowest BCUT2D eigenvalue weighted by atomic mass is 10.1. The third kappa shape index (κ3) is 2.85. The summed E-state index contributed by atoms with van der Waals surface area (Å²) in [5, 5.41) is 3.10. The second kappa shape index (κ2) is 5.91. The van der Waals surface area contributed by atoms with Crippen LogP contribution in [0.15, 0.2) is 57.1 Å². The van der Waals surface area contributed by atoms with Crippen LogP contribution in [-0.2, 0) is 6.42 Å². The van der Waals surface area contributed by atoms with Gasteiger partial charge in [-0.15, -0.1) is 11.3 Å². The number of nitrogens with two attached hydrogens (primary N) is 1. The molecule has 0 radical (unpaired) electrons. The average molecular weight is 349 g/mol. The van der Waals surface area contributed by atoms with Crippen molar-refractivity contribution in [1.29, 1.82) is 0 Å². The Morgan fingerprint density at radius 3 is 2.75 bits per heavy atom. The van der Waals surface area contributed by atoms with Crippen molar-refractivity contribution in [2.75, 3.05) is 0 Å². The third-order valence-electron chi connectivity index (χ3n) is 3.06. The van der Waals surface area contributed by atoms with Gasteiger partial charge in [0, 0.05) is 29.0 Å². The molecule has 1 atom stereocenters. The Bertz CT molecular complexity index is 693. The fraction of sp³-hybridized carbons (Fsp3) is 0.133. The molecular weight excluding hydrogens is 336 g/mol. The molecule has 2 heterocycles. The zero-order valence-corrected chi connectivity index (χ0v) is 13.0. The normalized spacial score (nSPS) is 12.5. The van der Waals surface area contributed by atoms with Crippen molar-refractivity contribution < 1.29 is 4.42 Å². The van der Waals surface area contributed by atoms with Crippen LogP contribution in [0.25, 0.3) is 11.3 Å². The fourth-order valence-electron chi connectivity index (χ4n) is 2.01. The Morgan fingerprint density at radius 2 is 2.05 bits per heavy atom. The zero-order chi connectivity index (χ0) is 13.9. The average Bonchev–Trinajstić information content (AvgIpc) is 3.09. The smallest absolute Gasteiger partial charge is 0.173 e. The van der Waals surface area contributed by atoms with Crippen LogP contribution >= 0.6 is 27.3 Å². The number of nitrogens with zero attached hydrogens (tertiary/aromatic N) is 1. The molecule has 20 heavy (non-hydrogen) atoms. The summed E-state index contributed by atoms with van der Waals surface area (Å²) in [5.41, 5.74) is 9.31. The van der Waals surface area contributed by atoms with Crippen LogP contribution in [0.2, 0.25) is 0 Å². The molecule has 0 aliphatic carbocycles. The Kier molecular flexibility index (Phi) is 4.00. The van der Waals surface area contributed by atoms with Gasteiger partial charge in [0.2, 0.25) is 0 Å². The van der Waals surface area contributed by atoms with Crippen molar-refractivity contribution in [2.24, 2.45) is 5.73 Å². The molecule has 0 aliphatic heterocycles. The predicted octanol–water partition coefficient (Wildman–Crippen LogP) is 4.41. The van der Waals surface area contributed by atoms with E-state index >= 15 is 0 Å². The number of rotatable bonds is 4. The second-order valence-corrected chi connectivity index (χ2v) is 6.12. The zero-order valence-electron chi connectivity index (χ0n) is 10.6. The first-order chi connectivity index (χ1) is 9.74. The quantitative estimate of drug-likeness (QED) is 0.759. The molecule has 5 heteroatoms. The minimum atomic E-state index is -0.113. The van der Waals surface area contributed by atoms with E-state index in [1.807, 2.05) is 24.3 Å². The second-order valence-electron chi connectivity index (χ2n) is 4.45. The number of benzene rings is 1. The molecule has 0 saturated carbocycles. The van der Waals surface area contributed by atoms with Gasteiger partial charge in [0.25, 0.3) is 0 Å². The maximum absolute atomic E-state index is 6.20. The van der Waals surface area contributed by atoms with Crippen LogP contribution in [0.4, 0.5) is 0 Å². The van der Waals surface area contributed by atoms with Crippen LogP contribution in [0.5, 0.6) is 0 Å². The minimum absolute atomic E-state index is 0.113. The number of hydrogen-bond donors (Lipinski definition) is 1. The van der Waals surface area contributed by atoms with Gasteiger partial charge in [-0.3, -0.25) is 0 Å². The van der Waals surface area contributed by atoms with Gasteiger partial charge >= 0.3 is 0 Å². The summed E-state index contributed by atoms with van der Waals surface area (Å²) in [4.78, 5) is 4.65. The summed E-state index contributed by atoms with van der Waals surface area (Å²) in [5.74, 6) is 0. The Balaban J connectivity index is 1.76. The molecular formula is C15H13BrN2OS. The van der Waals surface area contributed by atoms with Gasteiger partial charge in [-0.1, -0.05) is 30.3 Å². The van der Waals surface area contributed by atoms with E-state index < -0.39 is 0 Å². The lowest BCUT2D eigenvalue weighted by molar-refractivity contribution is 0.531. The van der Waals surface area contributed by atoms with Crippen molar-refractivity contribution in [3.63, 3.8) is 0 Å². The Hall–Kier alpha value is -1.43. The highest BCUT2D eigenvalue weighted by Crippen LogP contribution is 2.28. The third-order valence-corrected chi connectivity index (χ3v) is 4.58. The van der Waals surface area contributed by atoms with Crippen LogP contribution in [0.3, 0.4) is 0 Å². The van der Waals surface area contributed by atoms with Crippen molar-refractivity contribution in [1.82, 2.24) is 4.98 Å². The number of aromatic nitrogens is 1. The molecule has 0 bridgehead atoms. The molecule has 102 valence electrons. The highest BCUT2D eigenvalue weighted by Gasteiger charge is 2.15. The van der Waals surface area contributed by atoms with E-state index in [2.05, 4.69) is 38.4 Å². The van der Waals surface area contributed by atoms with Crippen molar-refractivity contribution in [3.05, 3.63) is 63.3 Å². The van der Waals surface area contributed by atoms with E-state index in [1.165, 1.54) is 0 Å². The van der Waals surface area contributed by atoms with Gasteiger partial charge in [0.15, 0.2) is 4.67 Å². The molecule has 0 fully saturated rings. The number of halogens is 1. The highest BCUT2D eigenvalue weighted by molar-refractivity contribution is 9.10. The molecule has 3 nitrogen and oxygen atoms in total. The largest absolute Gasteiger partial charge is 0.457 e. The SMILES string of the molecule is NC(Cc1nc(-c2ccccc2)cs1)c1ccoc1Br. The maximum Gasteiger partial charge on any atom is 0.173 e. The molecule has 0 amide bonds. The molecule has 0 spiro atoms. The first-order valence-corrected chi connectivity index (χ1v) is 7.89. The first-order valence-electron chi connectivity index (χ1n) is 6.22. The monoisotopic (exact) mass is 348 g/mol. The van der Waals surface area contributed by atoms with Gasteiger partial charge in [-0.05, 0) is 22.0 Å². The molecule has 1 aromatic carbocycles. The van der Waals surface area contributed by atoms with Gasteiger partial charge in [0.05, 0.1) is 17.0 Å². The van der Waals surface area contributed by atoms with Gasteiger partial charge in [-0.25, -0.2) is 4.98 Å². The van der Waals surface area contributed by atoms with E-state index in [1.54, 1.807) is 17.6 Å². The summed E-state index contributed by atoms with van der Waals surface area (Å²) in [6.07, 6.45) is 2.34. The van der Waals surface area contributed by atoms with E-state index in [0.717, 1.165) is 21.8 Å². The van der Waals surface area contributed by atoms with Crippen LogP contribution in [0.1, 0.15) is 16.6 Å². The van der Waals surface area contributed by atoms with Crippen LogP contribution in [-0.4, -0.2) is 4.98 Å². The lowest BCUT2D eigenvalue weighted by Gasteiger charge is -2.07. The molecule has 3 aromatic rings. The van der Waals surface area contributed by atoms with Gasteiger partial charge < -0.3 is 10.2 Å². The first kappa shape index (κ1) is 13.5. The number of furan rings is 1. The topological polar surface area (TPSA) is 52.0 Å². The van der Waals surface area contributed by atoms with E-state index in [0.29, 0.717) is 11.1 Å². The summed E-state index contributed by atoms with van der Waals surface area (Å²) in [7, 11) is 0. The predicted molar refractivity (Wildman–Crippen MR) is 84.6 cm³/mol. The fourth-order valence-corrected chi connectivity index (χ4v) is 3.41. The molecule has 2 N–H and O–H groups in total. The summed E-state index contributed by atoms with van der Waals surface area (Å²) in [6.45, 7) is 0. The van der Waals surface area contributed by atoms with Crippen molar-refractivity contribution in [2.45, 2.75) is 12.5 Å². The molecule has 0 saturated heterocycles. The van der Waals surface area contributed by atoms with E-state index in [-0.39, 0.29) is 6.04 Å². The maximum atomic E-state index is 6.20. The lowest BCUT2D eigenvalue weighted by Crippen LogP contribution is -2.12. The highest BCUT2D eigenvalue weighted by atomic mass is 79.9. The van der Waals surface area contributed by atoms with Crippen molar-refractivity contribution in [3.8, 4) is 11.3 Å². The van der Waals surface area contributed by atoms with E-state index in [9.17, 15) is 0 Å². The summed E-state index contributed by atoms with van der Waals surface area (Å²) < 4.78 is 5.92. The van der Waals surface area contributed by atoms with Gasteiger partial charge in [0.1, 0.15) is 0 Å². The van der Waals surface area contributed by atoms with Crippen LogP contribution in [0, 0.1) is 0 Å². The summed E-state index contributed by atoms with van der Waals surface area (Å²) in [6, 6.07) is 11.9. The Labute approximate surface area is 129 Å². The Morgan fingerprint density at radius 1 is 1.25 bits per heavy atom. The molecule has 0 aliphatic rings. The van der Waals surface area contributed by atoms with Crippen LogP contribution < -0.4 is 5.73 Å². The number of thiazole rings is 1. The van der Waals surface area contributed by atoms with E-state index in [4.69, 9.17) is 10.2 Å². The minimum Gasteiger partial charge on any atom is -0.457 e. The molecule has 3 rings (SSSR count). The molecule has 1 unspecified atom stereocenters. The number of hydrogen-bond acceptors (Lipinski definition) is 4.